The van der Waals surface area contributed by atoms with Gasteiger partial charge in [0.25, 0.3) is 0 Å². The van der Waals surface area contributed by atoms with Gasteiger partial charge >= 0.3 is 0 Å². The monoisotopic (exact) mass is 350 g/mol. The minimum atomic E-state index is 0.0482. The average molecular weight is 350 g/mol. The maximum Gasteiger partial charge on any atom is 0.231 e. The van der Waals surface area contributed by atoms with Crippen molar-refractivity contribution < 1.29 is 9.63 Å². The van der Waals surface area contributed by atoms with Crippen LogP contribution in [0.1, 0.15) is 22.9 Å². The van der Waals surface area contributed by atoms with Crippen LogP contribution in [-0.2, 0) is 6.54 Å². The Kier molecular flexibility index (Phi) is 4.77. The number of pyridine rings is 1. The second kappa shape index (κ2) is 7.35. The van der Waals surface area contributed by atoms with E-state index in [-0.39, 0.29) is 18.4 Å². The summed E-state index contributed by atoms with van der Waals surface area (Å²) < 4.78 is 5.54. The summed E-state index contributed by atoms with van der Waals surface area (Å²) in [5, 5.41) is 13.9. The molecular weight excluding hydrogens is 328 g/mol. The molecule has 0 spiro atoms. The fourth-order valence-corrected chi connectivity index (χ4v) is 3.59. The molecular formula is C20H22N4O2. The smallest absolute Gasteiger partial charge is 0.231 e. The fourth-order valence-electron chi connectivity index (χ4n) is 3.59. The van der Waals surface area contributed by atoms with E-state index < -0.39 is 0 Å². The van der Waals surface area contributed by atoms with Gasteiger partial charge in [0.1, 0.15) is 0 Å². The Bertz CT molecular complexity index is 865. The molecule has 1 aromatic carbocycles. The van der Waals surface area contributed by atoms with Crippen molar-refractivity contribution in [2.45, 2.75) is 19.4 Å². The predicted molar refractivity (Wildman–Crippen MR) is 97.3 cm³/mol. The Labute approximate surface area is 152 Å². The molecule has 2 atom stereocenters. The highest BCUT2D eigenvalue weighted by Crippen LogP contribution is 2.33. The first-order chi connectivity index (χ1) is 12.7. The maximum atomic E-state index is 9.84. The quantitative estimate of drug-likeness (QED) is 0.762. The second-order valence-corrected chi connectivity index (χ2v) is 6.86. The molecule has 1 aliphatic heterocycles. The summed E-state index contributed by atoms with van der Waals surface area (Å²) in [6.45, 7) is 4.73. The molecule has 1 aliphatic rings. The molecule has 6 nitrogen and oxygen atoms in total. The van der Waals surface area contributed by atoms with E-state index in [0.717, 1.165) is 25.2 Å². The van der Waals surface area contributed by atoms with Crippen molar-refractivity contribution >= 4 is 0 Å². The lowest BCUT2D eigenvalue weighted by Gasteiger charge is -2.16. The summed E-state index contributed by atoms with van der Waals surface area (Å²) in [5.74, 6) is 1.32. The lowest BCUT2D eigenvalue weighted by Crippen LogP contribution is -2.21. The third-order valence-electron chi connectivity index (χ3n) is 5.10. The van der Waals surface area contributed by atoms with E-state index in [4.69, 9.17) is 4.52 Å². The van der Waals surface area contributed by atoms with Crippen LogP contribution in [0.4, 0.5) is 0 Å². The van der Waals surface area contributed by atoms with Crippen molar-refractivity contribution in [1.82, 2.24) is 20.0 Å². The first kappa shape index (κ1) is 16.9. The molecule has 4 rings (SSSR count). The molecule has 1 fully saturated rings. The Morgan fingerprint density at radius 2 is 1.96 bits per heavy atom. The standard InChI is InChI=1S/C20H22N4O2/c1-14-4-2-3-5-16(14)10-24-11-17(13-25)18(12-24)20-22-19(23-26-20)15-6-8-21-9-7-15/h2-9,17-18,25H,10-13H2,1H3/t17-,18+/m0/s1. The van der Waals surface area contributed by atoms with Gasteiger partial charge in [0.2, 0.25) is 11.7 Å². The lowest BCUT2D eigenvalue weighted by atomic mass is 9.97. The van der Waals surface area contributed by atoms with Crippen LogP contribution >= 0.6 is 0 Å². The molecule has 0 aliphatic carbocycles. The Hall–Kier alpha value is -2.57. The molecule has 0 saturated carbocycles. The van der Waals surface area contributed by atoms with Crippen LogP contribution in [0.3, 0.4) is 0 Å². The third kappa shape index (κ3) is 3.38. The number of likely N-dealkylation sites (tertiary alicyclic amines) is 1. The number of hydrogen-bond donors (Lipinski definition) is 1. The van der Waals surface area contributed by atoms with Gasteiger partial charge in [0, 0.05) is 50.1 Å². The number of rotatable bonds is 5. The summed E-state index contributed by atoms with van der Waals surface area (Å²) in [6.07, 6.45) is 3.42. The highest BCUT2D eigenvalue weighted by Gasteiger charge is 2.37. The fraction of sp³-hybridized carbons (Fsp3) is 0.350. The highest BCUT2D eigenvalue weighted by atomic mass is 16.5. The van der Waals surface area contributed by atoms with Gasteiger partial charge < -0.3 is 9.63 Å². The number of hydrogen-bond acceptors (Lipinski definition) is 6. The predicted octanol–water partition coefficient (Wildman–Crippen LogP) is 2.65. The molecule has 1 N–H and O–H groups in total. The van der Waals surface area contributed by atoms with Gasteiger partial charge in [-0.05, 0) is 30.2 Å². The summed E-state index contributed by atoms with van der Waals surface area (Å²) in [4.78, 5) is 10.9. The molecule has 0 radical (unpaired) electrons. The van der Waals surface area contributed by atoms with Crippen molar-refractivity contribution in [3.63, 3.8) is 0 Å². The molecule has 2 aromatic heterocycles. The second-order valence-electron chi connectivity index (χ2n) is 6.86. The maximum absolute atomic E-state index is 9.84. The van der Waals surface area contributed by atoms with Gasteiger partial charge in [-0.1, -0.05) is 29.4 Å². The van der Waals surface area contributed by atoms with Crippen LogP contribution in [-0.4, -0.2) is 44.8 Å². The highest BCUT2D eigenvalue weighted by molar-refractivity contribution is 5.52. The van der Waals surface area contributed by atoms with Gasteiger partial charge in [-0.3, -0.25) is 9.88 Å². The average Bonchev–Trinajstić information content (AvgIpc) is 3.31. The van der Waals surface area contributed by atoms with Crippen LogP contribution in [0.2, 0.25) is 0 Å². The molecule has 1 saturated heterocycles. The van der Waals surface area contributed by atoms with Crippen LogP contribution in [0, 0.1) is 12.8 Å². The summed E-state index contributed by atoms with van der Waals surface area (Å²) in [6, 6.07) is 12.1. The van der Waals surface area contributed by atoms with Gasteiger partial charge in [-0.15, -0.1) is 0 Å². The van der Waals surface area contributed by atoms with Gasteiger partial charge in [-0.2, -0.15) is 4.98 Å². The Balaban J connectivity index is 1.51. The van der Waals surface area contributed by atoms with E-state index in [9.17, 15) is 5.11 Å². The number of benzene rings is 1. The molecule has 26 heavy (non-hydrogen) atoms. The topological polar surface area (TPSA) is 75.3 Å². The summed E-state index contributed by atoms with van der Waals surface area (Å²) in [7, 11) is 0. The normalized spacial score (nSPS) is 20.5. The van der Waals surface area contributed by atoms with Crippen molar-refractivity contribution in [2.75, 3.05) is 19.7 Å². The zero-order chi connectivity index (χ0) is 17.9. The van der Waals surface area contributed by atoms with E-state index in [1.807, 2.05) is 12.1 Å². The van der Waals surface area contributed by atoms with E-state index in [0.29, 0.717) is 11.7 Å². The van der Waals surface area contributed by atoms with Gasteiger partial charge in [0.15, 0.2) is 0 Å². The summed E-state index contributed by atoms with van der Waals surface area (Å²) >= 11 is 0. The minimum Gasteiger partial charge on any atom is -0.396 e. The Morgan fingerprint density at radius 3 is 2.73 bits per heavy atom. The molecule has 3 aromatic rings. The van der Waals surface area contributed by atoms with Gasteiger partial charge in [-0.25, -0.2) is 0 Å². The number of aliphatic hydroxyl groups is 1. The van der Waals surface area contributed by atoms with Crippen LogP contribution in [0.15, 0.2) is 53.3 Å². The Morgan fingerprint density at radius 1 is 1.15 bits per heavy atom. The third-order valence-corrected chi connectivity index (χ3v) is 5.10. The SMILES string of the molecule is Cc1ccccc1CN1C[C@@H](CO)[C@H](c2nc(-c3ccncc3)no2)C1. The summed E-state index contributed by atoms with van der Waals surface area (Å²) in [5.41, 5.74) is 3.48. The number of nitrogens with zero attached hydrogens (tertiary/aromatic N) is 4. The minimum absolute atomic E-state index is 0.0482. The van der Waals surface area contributed by atoms with Crippen LogP contribution in [0.25, 0.3) is 11.4 Å². The first-order valence-electron chi connectivity index (χ1n) is 8.86. The van der Waals surface area contributed by atoms with Crippen LogP contribution < -0.4 is 0 Å². The van der Waals surface area contributed by atoms with Crippen LogP contribution in [0.5, 0.6) is 0 Å². The van der Waals surface area contributed by atoms with E-state index in [1.54, 1.807) is 12.4 Å². The number of aromatic nitrogens is 3. The zero-order valence-corrected chi connectivity index (χ0v) is 14.7. The molecule has 0 bridgehead atoms. The molecule has 0 amide bonds. The van der Waals surface area contributed by atoms with E-state index in [1.165, 1.54) is 11.1 Å². The van der Waals surface area contributed by atoms with Crippen molar-refractivity contribution in [1.29, 1.82) is 0 Å². The largest absolute Gasteiger partial charge is 0.396 e. The van der Waals surface area contributed by atoms with Crippen molar-refractivity contribution in [3.05, 3.63) is 65.8 Å². The first-order valence-corrected chi connectivity index (χ1v) is 8.86. The van der Waals surface area contributed by atoms with E-state index in [2.05, 4.69) is 51.2 Å². The molecule has 6 heteroatoms. The van der Waals surface area contributed by atoms with Crippen molar-refractivity contribution in [2.24, 2.45) is 5.92 Å². The van der Waals surface area contributed by atoms with E-state index >= 15 is 0 Å². The zero-order valence-electron chi connectivity index (χ0n) is 14.7. The van der Waals surface area contributed by atoms with Crippen molar-refractivity contribution in [3.8, 4) is 11.4 Å². The van der Waals surface area contributed by atoms with Gasteiger partial charge in [0.05, 0.1) is 5.92 Å². The molecule has 0 unspecified atom stereocenters. The molecule has 134 valence electrons. The number of aryl methyl sites for hydroxylation is 1. The molecule has 3 heterocycles. The number of aliphatic hydroxyl groups excluding tert-OH is 1. The lowest BCUT2D eigenvalue weighted by molar-refractivity contribution is 0.205.